The minimum Gasteiger partial charge on any atom is -0.508 e. The summed E-state index contributed by atoms with van der Waals surface area (Å²) in [6.45, 7) is 4.17. The summed E-state index contributed by atoms with van der Waals surface area (Å²) in [6.07, 6.45) is 3.57. The quantitative estimate of drug-likeness (QED) is 0.353. The molecule has 0 fully saturated rings. The van der Waals surface area contributed by atoms with E-state index in [4.69, 9.17) is 4.84 Å². The van der Waals surface area contributed by atoms with Crippen LogP contribution in [0.1, 0.15) is 24.0 Å². The summed E-state index contributed by atoms with van der Waals surface area (Å²) in [5.74, 6) is 0.390. The van der Waals surface area contributed by atoms with E-state index in [1.807, 2.05) is 6.08 Å². The molecule has 0 saturated carbocycles. The van der Waals surface area contributed by atoms with E-state index in [1.165, 1.54) is 0 Å². The number of benzene rings is 2. The number of hydrogen-bond donors (Lipinski definition) is 2. The molecule has 0 aliphatic heterocycles. The Morgan fingerprint density at radius 1 is 0.955 bits per heavy atom. The summed E-state index contributed by atoms with van der Waals surface area (Å²) in [5.41, 5.74) is 2.30. The van der Waals surface area contributed by atoms with Crippen molar-refractivity contribution in [2.45, 2.75) is 12.8 Å². The van der Waals surface area contributed by atoms with Crippen LogP contribution in [0.25, 0.3) is 0 Å². The molecule has 0 aromatic heterocycles. The molecular weight excluding hydrogens is 278 g/mol. The molecule has 4 heteroatoms. The van der Waals surface area contributed by atoms with E-state index in [2.05, 4.69) is 11.7 Å². The van der Waals surface area contributed by atoms with Gasteiger partial charge in [0, 0.05) is 11.1 Å². The molecular formula is C18H19NO3. The van der Waals surface area contributed by atoms with Gasteiger partial charge in [-0.3, -0.25) is 0 Å². The zero-order valence-electron chi connectivity index (χ0n) is 12.3. The molecule has 114 valence electrons. The highest BCUT2D eigenvalue weighted by Crippen LogP contribution is 2.17. The Bertz CT molecular complexity index is 583. The minimum atomic E-state index is 0.195. The molecule has 0 saturated heterocycles. The lowest BCUT2D eigenvalue weighted by molar-refractivity contribution is 0.143. The normalized spacial score (nSPS) is 10.0. The molecule has 0 amide bonds. The van der Waals surface area contributed by atoms with Crippen LogP contribution in [-0.2, 0) is 4.84 Å². The largest absolute Gasteiger partial charge is 0.508 e. The third kappa shape index (κ3) is 4.38. The average Bonchev–Trinajstić information content (AvgIpc) is 2.53. The minimum absolute atomic E-state index is 0.195. The lowest BCUT2D eigenvalue weighted by Gasteiger charge is -2.08. The molecule has 22 heavy (non-hydrogen) atoms. The lowest BCUT2D eigenvalue weighted by Crippen LogP contribution is -2.04. The summed E-state index contributed by atoms with van der Waals surface area (Å²) in [5, 5.41) is 23.0. The van der Waals surface area contributed by atoms with Crippen LogP contribution >= 0.6 is 0 Å². The molecule has 0 heterocycles. The number of phenolic OH excluding ortho intramolecular Hbond substituents is 2. The highest BCUT2D eigenvalue weighted by atomic mass is 16.6. The van der Waals surface area contributed by atoms with Crippen molar-refractivity contribution in [1.29, 1.82) is 0 Å². The van der Waals surface area contributed by atoms with Gasteiger partial charge in [-0.15, -0.1) is 6.58 Å². The predicted molar refractivity (Wildman–Crippen MR) is 87.2 cm³/mol. The van der Waals surface area contributed by atoms with Crippen LogP contribution in [0.15, 0.2) is 66.3 Å². The average molecular weight is 297 g/mol. The van der Waals surface area contributed by atoms with Crippen molar-refractivity contribution in [3.05, 3.63) is 72.3 Å². The van der Waals surface area contributed by atoms with Crippen LogP contribution in [0.5, 0.6) is 11.5 Å². The molecule has 0 aliphatic rings. The molecule has 2 N–H and O–H groups in total. The van der Waals surface area contributed by atoms with Crippen molar-refractivity contribution >= 4 is 5.71 Å². The highest BCUT2D eigenvalue weighted by Gasteiger charge is 2.08. The maximum absolute atomic E-state index is 9.41. The van der Waals surface area contributed by atoms with E-state index in [-0.39, 0.29) is 11.5 Å². The summed E-state index contributed by atoms with van der Waals surface area (Å²) >= 11 is 0. The van der Waals surface area contributed by atoms with Crippen LogP contribution in [0.3, 0.4) is 0 Å². The van der Waals surface area contributed by atoms with E-state index in [0.717, 1.165) is 24.0 Å². The fourth-order valence-electron chi connectivity index (χ4n) is 1.91. The van der Waals surface area contributed by atoms with Crippen LogP contribution in [-0.4, -0.2) is 22.5 Å². The van der Waals surface area contributed by atoms with Gasteiger partial charge >= 0.3 is 0 Å². The Hall–Kier alpha value is -2.75. The number of rotatable bonds is 7. The first-order valence-corrected chi connectivity index (χ1v) is 7.10. The van der Waals surface area contributed by atoms with Crippen molar-refractivity contribution in [3.8, 4) is 11.5 Å². The fourth-order valence-corrected chi connectivity index (χ4v) is 1.91. The number of unbranched alkanes of at least 4 members (excludes halogenated alkanes) is 1. The highest BCUT2D eigenvalue weighted by molar-refractivity contribution is 6.12. The van der Waals surface area contributed by atoms with Crippen molar-refractivity contribution in [3.63, 3.8) is 0 Å². The number of hydrogen-bond acceptors (Lipinski definition) is 4. The van der Waals surface area contributed by atoms with Crippen molar-refractivity contribution in [2.75, 3.05) is 6.61 Å². The van der Waals surface area contributed by atoms with E-state index < -0.39 is 0 Å². The molecule has 4 nitrogen and oxygen atoms in total. The Balaban J connectivity index is 2.23. The van der Waals surface area contributed by atoms with Gasteiger partial charge in [0.25, 0.3) is 0 Å². The number of oxime groups is 1. The Kier molecular flexibility index (Phi) is 5.60. The van der Waals surface area contributed by atoms with Crippen LogP contribution < -0.4 is 0 Å². The Morgan fingerprint density at radius 3 is 1.91 bits per heavy atom. The topological polar surface area (TPSA) is 62.0 Å². The lowest BCUT2D eigenvalue weighted by atomic mass is 10.0. The second-order valence-electron chi connectivity index (χ2n) is 4.80. The van der Waals surface area contributed by atoms with Gasteiger partial charge in [0.1, 0.15) is 23.8 Å². The maximum atomic E-state index is 9.41. The second kappa shape index (κ2) is 7.88. The second-order valence-corrected chi connectivity index (χ2v) is 4.80. The first-order chi connectivity index (χ1) is 10.7. The van der Waals surface area contributed by atoms with Gasteiger partial charge in [0.15, 0.2) is 0 Å². The van der Waals surface area contributed by atoms with E-state index >= 15 is 0 Å². The van der Waals surface area contributed by atoms with Crippen molar-refractivity contribution < 1.29 is 15.1 Å². The molecule has 0 aliphatic carbocycles. The summed E-state index contributed by atoms with van der Waals surface area (Å²) in [6, 6.07) is 13.5. The third-order valence-corrected chi connectivity index (χ3v) is 3.08. The molecule has 0 spiro atoms. The van der Waals surface area contributed by atoms with Gasteiger partial charge in [-0.2, -0.15) is 0 Å². The number of phenols is 2. The van der Waals surface area contributed by atoms with Crippen molar-refractivity contribution in [2.24, 2.45) is 5.16 Å². The van der Waals surface area contributed by atoms with Gasteiger partial charge in [-0.05, 0) is 61.4 Å². The van der Waals surface area contributed by atoms with Gasteiger partial charge < -0.3 is 15.1 Å². The van der Waals surface area contributed by atoms with Crippen LogP contribution in [0, 0.1) is 0 Å². The molecule has 0 unspecified atom stereocenters. The van der Waals surface area contributed by atoms with Gasteiger partial charge in [-0.1, -0.05) is 11.2 Å². The zero-order chi connectivity index (χ0) is 15.8. The van der Waals surface area contributed by atoms with Gasteiger partial charge in [0.2, 0.25) is 0 Å². The van der Waals surface area contributed by atoms with Gasteiger partial charge in [0.05, 0.1) is 0 Å². The van der Waals surface area contributed by atoms with E-state index in [9.17, 15) is 10.2 Å². The molecule has 2 aromatic rings. The molecule has 0 atom stereocenters. The fraction of sp³-hybridized carbons (Fsp3) is 0.167. The maximum Gasteiger partial charge on any atom is 0.117 e. The summed E-state index contributed by atoms with van der Waals surface area (Å²) in [4.78, 5) is 5.38. The third-order valence-electron chi connectivity index (χ3n) is 3.08. The van der Waals surface area contributed by atoms with Gasteiger partial charge in [-0.25, -0.2) is 0 Å². The Morgan fingerprint density at radius 2 is 1.45 bits per heavy atom. The Labute approximate surface area is 130 Å². The molecule has 2 rings (SSSR count). The standard InChI is InChI=1S/C18H19NO3/c1-2-3-4-13-22-19-18(14-5-9-16(20)10-6-14)15-7-11-17(21)12-8-15/h2,5-12,20-21H,1,3-4,13H2. The van der Waals surface area contributed by atoms with E-state index in [0.29, 0.717) is 12.3 Å². The number of allylic oxidation sites excluding steroid dienone is 1. The van der Waals surface area contributed by atoms with E-state index in [1.54, 1.807) is 48.5 Å². The molecule has 0 bridgehead atoms. The van der Waals surface area contributed by atoms with Crippen LogP contribution in [0.4, 0.5) is 0 Å². The first-order valence-electron chi connectivity index (χ1n) is 7.10. The predicted octanol–water partition coefficient (Wildman–Crippen LogP) is 3.83. The summed E-state index contributed by atoms with van der Waals surface area (Å²) < 4.78 is 0. The first kappa shape index (κ1) is 15.6. The summed E-state index contributed by atoms with van der Waals surface area (Å²) in [7, 11) is 0. The number of nitrogens with zero attached hydrogens (tertiary/aromatic N) is 1. The number of aromatic hydroxyl groups is 2. The monoisotopic (exact) mass is 297 g/mol. The zero-order valence-corrected chi connectivity index (χ0v) is 12.3. The molecule has 0 radical (unpaired) electrons. The van der Waals surface area contributed by atoms with Crippen molar-refractivity contribution in [1.82, 2.24) is 0 Å². The smallest absolute Gasteiger partial charge is 0.117 e. The molecule has 2 aromatic carbocycles. The SMILES string of the molecule is C=CCCCON=C(c1ccc(O)cc1)c1ccc(O)cc1. The van der Waals surface area contributed by atoms with Crippen LogP contribution in [0.2, 0.25) is 0 Å².